The van der Waals surface area contributed by atoms with Crippen molar-refractivity contribution in [2.75, 3.05) is 39.6 Å². The minimum Gasteiger partial charge on any atom is -0.482 e. The van der Waals surface area contributed by atoms with E-state index in [1.165, 1.54) is 6.08 Å². The van der Waals surface area contributed by atoms with Gasteiger partial charge in [-0.25, -0.2) is 9.69 Å². The van der Waals surface area contributed by atoms with Crippen LogP contribution in [-0.4, -0.2) is 73.5 Å². The molecule has 0 bridgehead atoms. The molecule has 1 fully saturated rings. The lowest BCUT2D eigenvalue weighted by atomic mass is 9.96. The number of nitrogens with zero attached hydrogens (tertiary/aromatic N) is 1. The van der Waals surface area contributed by atoms with Crippen LogP contribution in [0.2, 0.25) is 0 Å². The topological polar surface area (TPSA) is 112 Å². The first-order valence-corrected chi connectivity index (χ1v) is 10.9. The second-order valence-electron chi connectivity index (χ2n) is 7.62. The van der Waals surface area contributed by atoms with Crippen LogP contribution in [0.25, 0.3) is 0 Å². The number of cyclic esters (lactones) is 1. The highest BCUT2D eigenvalue weighted by Crippen LogP contribution is 2.31. The van der Waals surface area contributed by atoms with Crippen LogP contribution in [-0.2, 0) is 28.5 Å². The Balaban J connectivity index is 1.57. The number of carbonyl (C=O) groups is 3. The van der Waals surface area contributed by atoms with E-state index < -0.39 is 30.1 Å². The number of aliphatic hydroxyl groups excluding tert-OH is 1. The minimum absolute atomic E-state index is 0.0254. The van der Waals surface area contributed by atoms with Gasteiger partial charge in [-0.3, -0.25) is 9.59 Å². The Hall–Kier alpha value is -3.01. The predicted octanol–water partition coefficient (Wildman–Crippen LogP) is 2.17. The van der Waals surface area contributed by atoms with Crippen molar-refractivity contribution in [2.45, 2.75) is 25.5 Å². The molecule has 0 aromatic heterocycles. The van der Waals surface area contributed by atoms with E-state index in [9.17, 15) is 14.4 Å². The molecule has 0 saturated carbocycles. The number of benzene rings is 1. The predicted molar refractivity (Wildman–Crippen MR) is 117 cm³/mol. The molecule has 2 amide bonds. The lowest BCUT2D eigenvalue weighted by Gasteiger charge is -2.29. The number of amides is 2. The number of aliphatic hydroxyl groups is 1. The molecular formula is C24H29NO8. The molecule has 1 N–H and O–H groups in total. The number of ketones is 1. The number of hydrogen-bond acceptors (Lipinski definition) is 8. The molecule has 2 aliphatic heterocycles. The van der Waals surface area contributed by atoms with Crippen molar-refractivity contribution in [3.05, 3.63) is 59.9 Å². The van der Waals surface area contributed by atoms with Gasteiger partial charge in [0.15, 0.2) is 11.9 Å². The van der Waals surface area contributed by atoms with Gasteiger partial charge in [0.05, 0.1) is 39.0 Å². The van der Waals surface area contributed by atoms with Gasteiger partial charge >= 0.3 is 6.09 Å². The lowest BCUT2D eigenvalue weighted by Crippen LogP contribution is -2.45. The largest absolute Gasteiger partial charge is 0.482 e. The molecule has 0 radical (unpaired) electrons. The Morgan fingerprint density at radius 2 is 1.88 bits per heavy atom. The summed E-state index contributed by atoms with van der Waals surface area (Å²) in [7, 11) is 0. The van der Waals surface area contributed by atoms with Crippen LogP contribution < -0.4 is 0 Å². The summed E-state index contributed by atoms with van der Waals surface area (Å²) in [5, 5.41) is 8.64. The number of allylic oxidation sites excluding steroid dienone is 1. The quantitative estimate of drug-likeness (QED) is 0.501. The van der Waals surface area contributed by atoms with E-state index in [-0.39, 0.29) is 25.6 Å². The van der Waals surface area contributed by atoms with E-state index in [1.807, 2.05) is 30.3 Å². The van der Waals surface area contributed by atoms with Crippen LogP contribution in [0.4, 0.5) is 4.79 Å². The van der Waals surface area contributed by atoms with E-state index in [1.54, 1.807) is 19.1 Å². The van der Waals surface area contributed by atoms with Crippen molar-refractivity contribution < 1.29 is 38.4 Å². The molecule has 2 heterocycles. The average Bonchev–Trinajstić information content (AvgIpc) is 3.22. The fourth-order valence-electron chi connectivity index (χ4n) is 3.57. The van der Waals surface area contributed by atoms with Gasteiger partial charge in [0.1, 0.15) is 18.4 Å². The van der Waals surface area contributed by atoms with Crippen LogP contribution in [0.3, 0.4) is 0 Å². The molecule has 1 aromatic rings. The standard InChI is InChI=1S/C24H29NO8/c1-17(23(28)25-20(16-32-24(25)29)18-6-3-2-4-7-18)22-21(27)10-9-19(33-22)8-5-12-30-14-15-31-13-11-26/h2-4,6-10,17,20,22,26H,5,11-16H2,1H3/t17-,20+,22-/m1/s1. The average molecular weight is 459 g/mol. The first kappa shape index (κ1) is 24.6. The van der Waals surface area contributed by atoms with Crippen LogP contribution >= 0.6 is 0 Å². The van der Waals surface area contributed by atoms with Crippen molar-refractivity contribution in [1.29, 1.82) is 0 Å². The smallest absolute Gasteiger partial charge is 0.417 e. The Morgan fingerprint density at radius 1 is 1.15 bits per heavy atom. The Labute approximate surface area is 192 Å². The molecule has 0 unspecified atom stereocenters. The SMILES string of the molecule is C[C@@H](C(=O)N1C(=O)OC[C@H]1c1ccccc1)[C@H]1OC(=CCCOCCOCCO)C=CC1=O. The summed E-state index contributed by atoms with van der Waals surface area (Å²) in [5.74, 6) is -1.29. The van der Waals surface area contributed by atoms with Gasteiger partial charge in [-0.2, -0.15) is 0 Å². The normalized spacial score (nSPS) is 22.4. The molecule has 1 saturated heterocycles. The first-order valence-electron chi connectivity index (χ1n) is 10.9. The van der Waals surface area contributed by atoms with Crippen molar-refractivity contribution in [1.82, 2.24) is 4.90 Å². The highest BCUT2D eigenvalue weighted by atomic mass is 16.6. The Bertz CT molecular complexity index is 882. The van der Waals surface area contributed by atoms with Gasteiger partial charge in [0.2, 0.25) is 5.91 Å². The van der Waals surface area contributed by atoms with Crippen LogP contribution in [0, 0.1) is 5.92 Å². The van der Waals surface area contributed by atoms with E-state index in [4.69, 9.17) is 24.1 Å². The summed E-state index contributed by atoms with van der Waals surface area (Å²) < 4.78 is 21.5. The molecule has 178 valence electrons. The Kier molecular flexibility index (Phi) is 9.17. The third kappa shape index (κ3) is 6.50. The van der Waals surface area contributed by atoms with Crippen LogP contribution in [0.5, 0.6) is 0 Å². The molecule has 2 aliphatic rings. The molecule has 3 rings (SSSR count). The van der Waals surface area contributed by atoms with Crippen molar-refractivity contribution in [3.8, 4) is 0 Å². The second-order valence-corrected chi connectivity index (χ2v) is 7.62. The van der Waals surface area contributed by atoms with Gasteiger partial charge in [-0.05, 0) is 37.1 Å². The molecule has 9 nitrogen and oxygen atoms in total. The first-order chi connectivity index (χ1) is 16.0. The maximum atomic E-state index is 13.2. The number of rotatable bonds is 11. The molecule has 33 heavy (non-hydrogen) atoms. The minimum atomic E-state index is -1.04. The van der Waals surface area contributed by atoms with Gasteiger partial charge in [-0.15, -0.1) is 0 Å². The molecule has 9 heteroatoms. The summed E-state index contributed by atoms with van der Waals surface area (Å²) in [4.78, 5) is 39.0. The van der Waals surface area contributed by atoms with Crippen LogP contribution in [0.15, 0.2) is 54.3 Å². The molecule has 0 aliphatic carbocycles. The van der Waals surface area contributed by atoms with Gasteiger partial charge in [0, 0.05) is 0 Å². The van der Waals surface area contributed by atoms with E-state index in [0.29, 0.717) is 32.0 Å². The monoisotopic (exact) mass is 459 g/mol. The second kappa shape index (κ2) is 12.3. The third-order valence-electron chi connectivity index (χ3n) is 5.31. The highest BCUT2D eigenvalue weighted by molar-refractivity contribution is 6.01. The van der Waals surface area contributed by atoms with E-state index >= 15 is 0 Å². The molecule has 0 spiro atoms. The molecule has 3 atom stereocenters. The van der Waals surface area contributed by atoms with Gasteiger partial charge in [-0.1, -0.05) is 30.3 Å². The summed E-state index contributed by atoms with van der Waals surface area (Å²) in [5.41, 5.74) is 0.780. The highest BCUT2D eigenvalue weighted by Gasteiger charge is 2.44. The fourth-order valence-corrected chi connectivity index (χ4v) is 3.57. The lowest BCUT2D eigenvalue weighted by molar-refractivity contribution is -0.142. The van der Waals surface area contributed by atoms with Crippen molar-refractivity contribution in [3.63, 3.8) is 0 Å². The Morgan fingerprint density at radius 3 is 2.61 bits per heavy atom. The number of hydrogen-bond donors (Lipinski definition) is 1. The van der Waals surface area contributed by atoms with Crippen LogP contribution in [0.1, 0.15) is 24.9 Å². The summed E-state index contributed by atoms with van der Waals surface area (Å²) >= 11 is 0. The molecular weight excluding hydrogens is 430 g/mol. The van der Waals surface area contributed by atoms with E-state index in [0.717, 1.165) is 10.5 Å². The summed E-state index contributed by atoms with van der Waals surface area (Å²) in [6.45, 7) is 3.12. The molecule has 1 aromatic carbocycles. The zero-order valence-electron chi connectivity index (χ0n) is 18.6. The fraction of sp³-hybridized carbons (Fsp3) is 0.458. The number of ether oxygens (including phenoxy) is 4. The maximum absolute atomic E-state index is 13.2. The van der Waals surface area contributed by atoms with Crippen molar-refractivity contribution in [2.24, 2.45) is 5.92 Å². The summed E-state index contributed by atoms with van der Waals surface area (Å²) in [6.07, 6.45) is 3.49. The summed E-state index contributed by atoms with van der Waals surface area (Å²) in [6, 6.07) is 8.60. The van der Waals surface area contributed by atoms with E-state index in [2.05, 4.69) is 0 Å². The number of carbonyl (C=O) groups excluding carboxylic acids is 3. The zero-order valence-corrected chi connectivity index (χ0v) is 18.6. The third-order valence-corrected chi connectivity index (χ3v) is 5.31. The van der Waals surface area contributed by atoms with Crippen molar-refractivity contribution >= 4 is 17.8 Å². The van der Waals surface area contributed by atoms with Gasteiger partial charge < -0.3 is 24.1 Å². The maximum Gasteiger partial charge on any atom is 0.417 e. The zero-order chi connectivity index (χ0) is 23.6. The number of imide groups is 1. The van der Waals surface area contributed by atoms with Gasteiger partial charge in [0.25, 0.3) is 0 Å².